The fraction of sp³-hybridized carbons (Fsp3) is 0.0930. The lowest BCUT2D eigenvalue weighted by atomic mass is 9.99. The van der Waals surface area contributed by atoms with Gasteiger partial charge in [-0.05, 0) is 47.9 Å². The maximum atomic E-state index is 14.3. The third kappa shape index (κ3) is 7.78. The molecule has 2 heterocycles. The van der Waals surface area contributed by atoms with Crippen LogP contribution in [0.25, 0.3) is 17.0 Å². The van der Waals surface area contributed by atoms with E-state index in [0.29, 0.717) is 23.4 Å². The van der Waals surface area contributed by atoms with Gasteiger partial charge in [-0.3, -0.25) is 19.3 Å². The van der Waals surface area contributed by atoms with E-state index in [1.807, 2.05) is 114 Å². The number of aliphatic imine (C=N–C) groups is 1. The van der Waals surface area contributed by atoms with Crippen molar-refractivity contribution < 1.29 is 14.4 Å². The maximum absolute atomic E-state index is 14.3. The van der Waals surface area contributed by atoms with Crippen LogP contribution in [0.5, 0.6) is 0 Å². The van der Waals surface area contributed by atoms with Gasteiger partial charge in [0.1, 0.15) is 5.57 Å². The average Bonchev–Trinajstić information content (AvgIpc) is 3.53. The molecule has 0 atom stereocenters. The first kappa shape index (κ1) is 35.3. The summed E-state index contributed by atoms with van der Waals surface area (Å²) in [7, 11) is 0. The second-order valence-corrected chi connectivity index (χ2v) is 12.8. The topological polar surface area (TPSA) is 108 Å². The van der Waals surface area contributed by atoms with Gasteiger partial charge in [0.05, 0.1) is 23.4 Å². The normalized spacial score (nSPS) is 14.2. The lowest BCUT2D eigenvalue weighted by Crippen LogP contribution is -2.42. The Hall–Kier alpha value is -6.50. The summed E-state index contributed by atoms with van der Waals surface area (Å²) in [5, 5.41) is 13.7. The zero-order valence-electron chi connectivity index (χ0n) is 28.5. The number of hydrogen-bond acceptors (Lipinski definition) is 5. The molecule has 6 rings (SSSR count). The Balaban J connectivity index is 1.32. The van der Waals surface area contributed by atoms with Crippen LogP contribution in [0.1, 0.15) is 40.8 Å². The van der Waals surface area contributed by atoms with Crippen molar-refractivity contribution in [3.05, 3.63) is 185 Å². The summed E-state index contributed by atoms with van der Waals surface area (Å²) in [6.45, 7) is 5.95. The number of nitrogens with zero attached hydrogens (tertiary/aromatic N) is 4. The first-order valence-corrected chi connectivity index (χ1v) is 17.6. The SMILES string of the molecule is C=C/C=C\C(=C/C)N1C(=O)/C(=C/c2cn(Cc3ccccc3C#N)c3ccccc23)C(=O)N=C1SCC(=O)NC(c1ccccc1)c1ccccc1. The predicted molar refractivity (Wildman–Crippen MR) is 208 cm³/mol. The molecule has 4 aromatic carbocycles. The van der Waals surface area contributed by atoms with Crippen molar-refractivity contribution in [1.29, 1.82) is 5.26 Å². The average molecular weight is 702 g/mol. The van der Waals surface area contributed by atoms with Gasteiger partial charge in [0.15, 0.2) is 5.17 Å². The zero-order chi connectivity index (χ0) is 36.5. The summed E-state index contributed by atoms with van der Waals surface area (Å²) < 4.78 is 2.00. The van der Waals surface area contributed by atoms with E-state index in [-0.39, 0.29) is 22.4 Å². The Morgan fingerprint density at radius 3 is 2.27 bits per heavy atom. The Morgan fingerprint density at radius 2 is 1.60 bits per heavy atom. The Morgan fingerprint density at radius 1 is 0.942 bits per heavy atom. The van der Waals surface area contributed by atoms with Gasteiger partial charge in [-0.1, -0.05) is 134 Å². The van der Waals surface area contributed by atoms with E-state index >= 15 is 0 Å². The Bertz CT molecular complexity index is 2270. The summed E-state index contributed by atoms with van der Waals surface area (Å²) in [6.07, 6.45) is 10.2. The van der Waals surface area contributed by atoms with Gasteiger partial charge < -0.3 is 9.88 Å². The van der Waals surface area contributed by atoms with Crippen LogP contribution in [0.15, 0.2) is 163 Å². The van der Waals surface area contributed by atoms with E-state index in [4.69, 9.17) is 0 Å². The van der Waals surface area contributed by atoms with E-state index in [2.05, 4.69) is 23.0 Å². The van der Waals surface area contributed by atoms with Crippen LogP contribution >= 0.6 is 11.8 Å². The number of amidine groups is 1. The van der Waals surface area contributed by atoms with Crippen LogP contribution in [-0.4, -0.2) is 38.1 Å². The summed E-state index contributed by atoms with van der Waals surface area (Å²) in [5.74, 6) is -1.65. The molecule has 52 heavy (non-hydrogen) atoms. The fourth-order valence-electron chi connectivity index (χ4n) is 6.02. The molecule has 0 fully saturated rings. The zero-order valence-corrected chi connectivity index (χ0v) is 29.3. The molecule has 3 amide bonds. The second kappa shape index (κ2) is 16.5. The molecule has 0 radical (unpaired) electrons. The van der Waals surface area contributed by atoms with Gasteiger partial charge in [-0.15, -0.1) is 0 Å². The molecule has 0 saturated carbocycles. The van der Waals surface area contributed by atoms with Gasteiger partial charge in [0.2, 0.25) is 5.91 Å². The van der Waals surface area contributed by atoms with E-state index < -0.39 is 17.9 Å². The molecule has 1 N–H and O–H groups in total. The van der Waals surface area contributed by atoms with E-state index in [1.165, 1.54) is 4.90 Å². The van der Waals surface area contributed by atoms with Gasteiger partial charge >= 0.3 is 0 Å². The number of rotatable bonds is 11. The largest absolute Gasteiger partial charge is 0.344 e. The molecule has 1 aromatic heterocycles. The maximum Gasteiger partial charge on any atom is 0.285 e. The minimum absolute atomic E-state index is 0.0923. The number of thioether (sulfide) groups is 1. The molecular weight excluding hydrogens is 667 g/mol. The smallest absolute Gasteiger partial charge is 0.285 e. The molecule has 0 aliphatic carbocycles. The van der Waals surface area contributed by atoms with Gasteiger partial charge in [-0.25, -0.2) is 0 Å². The highest BCUT2D eigenvalue weighted by Gasteiger charge is 2.35. The number of carbonyl (C=O) groups is 3. The van der Waals surface area contributed by atoms with Crippen molar-refractivity contribution in [3.8, 4) is 6.07 Å². The predicted octanol–water partition coefficient (Wildman–Crippen LogP) is 7.95. The molecule has 8 nitrogen and oxygen atoms in total. The third-order valence-electron chi connectivity index (χ3n) is 8.51. The molecule has 5 aromatic rings. The van der Waals surface area contributed by atoms with Crippen molar-refractivity contribution in [2.75, 3.05) is 5.75 Å². The highest BCUT2D eigenvalue weighted by Crippen LogP contribution is 2.30. The van der Waals surface area contributed by atoms with Crippen molar-refractivity contribution in [3.63, 3.8) is 0 Å². The minimum Gasteiger partial charge on any atom is -0.344 e. The Kier molecular flexibility index (Phi) is 11.2. The van der Waals surface area contributed by atoms with Gasteiger partial charge in [-0.2, -0.15) is 10.3 Å². The fourth-order valence-corrected chi connectivity index (χ4v) is 6.83. The first-order chi connectivity index (χ1) is 25.4. The van der Waals surface area contributed by atoms with Crippen LogP contribution in [0.4, 0.5) is 0 Å². The summed E-state index contributed by atoms with van der Waals surface area (Å²) in [4.78, 5) is 47.2. The number of hydrogen-bond donors (Lipinski definition) is 1. The van der Waals surface area contributed by atoms with E-state index in [0.717, 1.165) is 39.4 Å². The lowest BCUT2D eigenvalue weighted by molar-refractivity contribution is -0.126. The number of nitriles is 1. The number of carbonyl (C=O) groups excluding carboxylic acids is 3. The molecular formula is C43H35N5O3S. The molecule has 0 unspecified atom stereocenters. The highest BCUT2D eigenvalue weighted by atomic mass is 32.2. The summed E-state index contributed by atoms with van der Waals surface area (Å²) in [6, 6.07) is 36.3. The number of aromatic nitrogens is 1. The van der Waals surface area contributed by atoms with Crippen LogP contribution in [0.3, 0.4) is 0 Å². The number of fused-ring (bicyclic) bond motifs is 1. The third-order valence-corrected chi connectivity index (χ3v) is 9.45. The molecule has 0 saturated heterocycles. The number of amides is 3. The Labute approximate surface area is 306 Å². The van der Waals surface area contributed by atoms with Crippen LogP contribution in [0, 0.1) is 11.3 Å². The van der Waals surface area contributed by atoms with Crippen LogP contribution < -0.4 is 5.32 Å². The van der Waals surface area contributed by atoms with Crippen LogP contribution in [0.2, 0.25) is 0 Å². The van der Waals surface area contributed by atoms with Crippen molar-refractivity contribution in [1.82, 2.24) is 14.8 Å². The molecule has 1 aliphatic heterocycles. The standard InChI is InChI=1S/C43H35N5O3S/c1-3-5-22-35(4-2)48-42(51)37(25-34-28-47(38-24-15-14-23-36(34)38)27-33-21-13-12-20-32(33)26-44)41(50)46-43(48)52-29-39(49)45-40(30-16-8-6-9-17-30)31-18-10-7-11-19-31/h3-25,28,40H,1,27,29H2,2H3,(H,45,49)/b22-5-,35-4+,37-25+. The highest BCUT2D eigenvalue weighted by molar-refractivity contribution is 8.14. The molecule has 1 aliphatic rings. The number of benzene rings is 4. The first-order valence-electron chi connectivity index (χ1n) is 16.6. The quantitative estimate of drug-likeness (QED) is 0.0855. The van der Waals surface area contributed by atoms with Crippen LogP contribution in [-0.2, 0) is 20.9 Å². The molecule has 0 spiro atoms. The summed E-state index contributed by atoms with van der Waals surface area (Å²) in [5.41, 5.74) is 5.16. The van der Waals surface area contributed by atoms with E-state index in [9.17, 15) is 19.6 Å². The number of para-hydroxylation sites is 1. The van der Waals surface area contributed by atoms with Crippen molar-refractivity contribution in [2.24, 2.45) is 4.99 Å². The van der Waals surface area contributed by atoms with Gasteiger partial charge in [0, 0.05) is 34.9 Å². The number of nitrogens with one attached hydrogen (secondary N) is 1. The van der Waals surface area contributed by atoms with Gasteiger partial charge in [0.25, 0.3) is 11.8 Å². The second-order valence-electron chi connectivity index (χ2n) is 11.8. The number of allylic oxidation sites excluding steroid dienone is 4. The van der Waals surface area contributed by atoms with E-state index in [1.54, 1.807) is 43.4 Å². The lowest BCUT2D eigenvalue weighted by Gasteiger charge is -2.28. The van der Waals surface area contributed by atoms with Crippen molar-refractivity contribution >= 4 is 51.6 Å². The summed E-state index contributed by atoms with van der Waals surface area (Å²) >= 11 is 1.01. The molecule has 9 heteroatoms. The van der Waals surface area contributed by atoms with Crippen molar-refractivity contribution in [2.45, 2.75) is 19.5 Å². The minimum atomic E-state index is -0.703. The molecule has 256 valence electrons. The monoisotopic (exact) mass is 701 g/mol. The molecule has 0 bridgehead atoms.